The number of nitrogen functional groups attached to an aromatic ring is 1. The van der Waals surface area contributed by atoms with Gasteiger partial charge in [-0.1, -0.05) is 6.07 Å². The van der Waals surface area contributed by atoms with Crippen LogP contribution in [0.2, 0.25) is 0 Å². The van der Waals surface area contributed by atoms with Gasteiger partial charge in [0.15, 0.2) is 0 Å². The van der Waals surface area contributed by atoms with Gasteiger partial charge in [-0.15, -0.1) is 0 Å². The minimum absolute atomic E-state index is 0.0462. The number of nitrogens with two attached hydrogens (primary N) is 1. The average Bonchev–Trinajstić information content (AvgIpc) is 2.47. The number of pyridine rings is 1. The van der Waals surface area contributed by atoms with Crippen molar-refractivity contribution in [2.75, 3.05) is 25.1 Å². The summed E-state index contributed by atoms with van der Waals surface area (Å²) in [5, 5.41) is 3.25. The number of nitrogens with zero attached hydrogens (tertiary/aromatic N) is 2. The van der Waals surface area contributed by atoms with Crippen LogP contribution in [0.15, 0.2) is 36.5 Å². The van der Waals surface area contributed by atoms with Crippen LogP contribution in [0.5, 0.6) is 0 Å². The van der Waals surface area contributed by atoms with Gasteiger partial charge in [0, 0.05) is 38.1 Å². The second kappa shape index (κ2) is 6.26. The molecule has 2 rings (SSSR count). The third-order valence-corrected chi connectivity index (χ3v) is 3.16. The molecular formula is C16H20N4O. The van der Waals surface area contributed by atoms with E-state index in [0.717, 1.165) is 16.9 Å². The smallest absolute Gasteiger partial charge is 0.253 e. The van der Waals surface area contributed by atoms with Crippen molar-refractivity contribution >= 4 is 17.3 Å². The number of hydrogen-bond donors (Lipinski definition) is 2. The average molecular weight is 284 g/mol. The second-order valence-corrected chi connectivity index (χ2v) is 5.16. The van der Waals surface area contributed by atoms with Crippen LogP contribution in [-0.2, 0) is 6.54 Å². The summed E-state index contributed by atoms with van der Waals surface area (Å²) < 4.78 is 0. The highest BCUT2D eigenvalue weighted by Crippen LogP contribution is 2.21. The molecule has 1 heterocycles. The third kappa shape index (κ3) is 3.72. The van der Waals surface area contributed by atoms with E-state index in [1.165, 1.54) is 0 Å². The lowest BCUT2D eigenvalue weighted by molar-refractivity contribution is 0.0827. The Morgan fingerprint density at radius 2 is 2.05 bits per heavy atom. The summed E-state index contributed by atoms with van der Waals surface area (Å²) in [7, 11) is 3.45. The minimum atomic E-state index is -0.0462. The SMILES string of the molecule is Cc1ccc(CNc2cc(C(=O)N(C)C)ccc2N)cn1. The van der Waals surface area contributed by atoms with Crippen molar-refractivity contribution < 1.29 is 4.79 Å². The first-order valence-electron chi connectivity index (χ1n) is 6.74. The molecular weight excluding hydrogens is 264 g/mol. The molecule has 0 saturated carbocycles. The molecule has 1 aromatic heterocycles. The number of aryl methyl sites for hydroxylation is 1. The molecule has 1 amide bonds. The van der Waals surface area contributed by atoms with Crippen LogP contribution in [0.25, 0.3) is 0 Å². The standard InChI is InChI=1S/C16H20N4O/c1-11-4-5-12(9-18-11)10-19-15-8-13(6-7-14(15)17)16(21)20(2)3/h4-9,19H,10,17H2,1-3H3. The van der Waals surface area contributed by atoms with Crippen LogP contribution < -0.4 is 11.1 Å². The van der Waals surface area contributed by atoms with Crippen molar-refractivity contribution in [3.05, 3.63) is 53.3 Å². The van der Waals surface area contributed by atoms with E-state index in [0.29, 0.717) is 17.8 Å². The molecule has 0 saturated heterocycles. The largest absolute Gasteiger partial charge is 0.397 e. The van der Waals surface area contributed by atoms with E-state index in [9.17, 15) is 4.79 Å². The molecule has 0 fully saturated rings. The highest BCUT2D eigenvalue weighted by Gasteiger charge is 2.10. The molecule has 0 bridgehead atoms. The van der Waals surface area contributed by atoms with E-state index < -0.39 is 0 Å². The predicted molar refractivity (Wildman–Crippen MR) is 85.2 cm³/mol. The first-order chi connectivity index (χ1) is 9.97. The Balaban J connectivity index is 2.14. The lowest BCUT2D eigenvalue weighted by Crippen LogP contribution is -2.21. The molecule has 0 aliphatic heterocycles. The van der Waals surface area contributed by atoms with Gasteiger partial charge in [-0.3, -0.25) is 9.78 Å². The van der Waals surface area contributed by atoms with Gasteiger partial charge >= 0.3 is 0 Å². The first-order valence-corrected chi connectivity index (χ1v) is 6.74. The summed E-state index contributed by atoms with van der Waals surface area (Å²) in [6.07, 6.45) is 1.83. The number of aromatic nitrogens is 1. The van der Waals surface area contributed by atoms with E-state index in [-0.39, 0.29) is 5.91 Å². The van der Waals surface area contributed by atoms with Crippen LogP contribution in [0, 0.1) is 6.92 Å². The Morgan fingerprint density at radius 1 is 1.29 bits per heavy atom. The topological polar surface area (TPSA) is 71.2 Å². The number of hydrogen-bond acceptors (Lipinski definition) is 4. The zero-order chi connectivity index (χ0) is 15.4. The van der Waals surface area contributed by atoms with E-state index in [1.54, 1.807) is 37.2 Å². The Bertz CT molecular complexity index is 635. The first kappa shape index (κ1) is 14.8. The Hall–Kier alpha value is -2.56. The lowest BCUT2D eigenvalue weighted by Gasteiger charge is -2.14. The van der Waals surface area contributed by atoms with Gasteiger partial charge < -0.3 is 16.0 Å². The van der Waals surface area contributed by atoms with Crippen molar-refractivity contribution in [3.63, 3.8) is 0 Å². The number of nitrogens with one attached hydrogen (secondary N) is 1. The summed E-state index contributed by atoms with van der Waals surface area (Å²) in [4.78, 5) is 17.8. The fraction of sp³-hybridized carbons (Fsp3) is 0.250. The van der Waals surface area contributed by atoms with E-state index in [2.05, 4.69) is 10.3 Å². The van der Waals surface area contributed by atoms with Crippen molar-refractivity contribution in [2.45, 2.75) is 13.5 Å². The molecule has 3 N–H and O–H groups in total. The molecule has 5 nitrogen and oxygen atoms in total. The van der Waals surface area contributed by atoms with Crippen molar-refractivity contribution in [3.8, 4) is 0 Å². The van der Waals surface area contributed by atoms with E-state index in [1.807, 2.05) is 25.3 Å². The van der Waals surface area contributed by atoms with Crippen molar-refractivity contribution in [1.82, 2.24) is 9.88 Å². The van der Waals surface area contributed by atoms with Crippen molar-refractivity contribution in [2.24, 2.45) is 0 Å². The maximum atomic E-state index is 12.0. The van der Waals surface area contributed by atoms with Gasteiger partial charge in [-0.05, 0) is 36.8 Å². The van der Waals surface area contributed by atoms with Crippen LogP contribution in [0.1, 0.15) is 21.6 Å². The number of anilines is 2. The summed E-state index contributed by atoms with van der Waals surface area (Å²) >= 11 is 0. The van der Waals surface area contributed by atoms with Gasteiger partial charge in [-0.25, -0.2) is 0 Å². The summed E-state index contributed by atoms with van der Waals surface area (Å²) in [6, 6.07) is 9.23. The maximum Gasteiger partial charge on any atom is 0.253 e. The minimum Gasteiger partial charge on any atom is -0.397 e. The monoisotopic (exact) mass is 284 g/mol. The van der Waals surface area contributed by atoms with Gasteiger partial charge in [-0.2, -0.15) is 0 Å². The Morgan fingerprint density at radius 3 is 2.67 bits per heavy atom. The number of benzene rings is 1. The molecule has 1 aromatic carbocycles. The van der Waals surface area contributed by atoms with Crippen molar-refractivity contribution in [1.29, 1.82) is 0 Å². The number of amides is 1. The summed E-state index contributed by atoms with van der Waals surface area (Å²) in [5.74, 6) is -0.0462. The fourth-order valence-corrected chi connectivity index (χ4v) is 1.90. The maximum absolute atomic E-state index is 12.0. The van der Waals surface area contributed by atoms with Gasteiger partial charge in [0.05, 0.1) is 11.4 Å². The van der Waals surface area contributed by atoms with Crippen LogP contribution in [0.3, 0.4) is 0 Å². The molecule has 5 heteroatoms. The Labute approximate surface area is 124 Å². The zero-order valence-corrected chi connectivity index (χ0v) is 12.6. The second-order valence-electron chi connectivity index (χ2n) is 5.16. The normalized spacial score (nSPS) is 10.2. The number of rotatable bonds is 4. The molecule has 110 valence electrons. The highest BCUT2D eigenvalue weighted by atomic mass is 16.2. The van der Waals surface area contributed by atoms with Crippen LogP contribution in [0.4, 0.5) is 11.4 Å². The van der Waals surface area contributed by atoms with Gasteiger partial charge in [0.25, 0.3) is 5.91 Å². The number of carbonyl (C=O) groups excluding carboxylic acids is 1. The van der Waals surface area contributed by atoms with Crippen LogP contribution >= 0.6 is 0 Å². The molecule has 0 atom stereocenters. The number of carbonyl (C=O) groups is 1. The summed E-state index contributed by atoms with van der Waals surface area (Å²) in [5.41, 5.74) is 9.97. The van der Waals surface area contributed by atoms with Gasteiger partial charge in [0.2, 0.25) is 0 Å². The molecule has 0 spiro atoms. The highest BCUT2D eigenvalue weighted by molar-refractivity contribution is 5.95. The third-order valence-electron chi connectivity index (χ3n) is 3.16. The Kier molecular flexibility index (Phi) is 4.42. The van der Waals surface area contributed by atoms with Gasteiger partial charge in [0.1, 0.15) is 0 Å². The molecule has 0 radical (unpaired) electrons. The molecule has 2 aromatic rings. The van der Waals surface area contributed by atoms with Crippen LogP contribution in [-0.4, -0.2) is 29.9 Å². The molecule has 0 aliphatic rings. The van der Waals surface area contributed by atoms with E-state index >= 15 is 0 Å². The molecule has 0 aliphatic carbocycles. The summed E-state index contributed by atoms with van der Waals surface area (Å²) in [6.45, 7) is 2.56. The molecule has 0 unspecified atom stereocenters. The zero-order valence-electron chi connectivity index (χ0n) is 12.6. The predicted octanol–water partition coefficient (Wildman–Crippen LogP) is 2.29. The van der Waals surface area contributed by atoms with E-state index in [4.69, 9.17) is 5.73 Å². The molecule has 21 heavy (non-hydrogen) atoms. The quantitative estimate of drug-likeness (QED) is 0.845. The fourth-order valence-electron chi connectivity index (χ4n) is 1.90. The lowest BCUT2D eigenvalue weighted by atomic mass is 10.1.